The number of ether oxygens (including phenoxy) is 1. The smallest absolute Gasteiger partial charge is 0.132 e. The highest BCUT2D eigenvalue weighted by Crippen LogP contribution is 2.35. The zero-order valence-corrected chi connectivity index (χ0v) is 6.88. The normalized spacial score (nSPS) is 20.8. The summed E-state index contributed by atoms with van der Waals surface area (Å²) in [5.41, 5.74) is 1.78. The topological polar surface area (TPSA) is 28.3 Å². The molecule has 3 heteroatoms. The lowest BCUT2D eigenvalue weighted by molar-refractivity contribution is 0.416. The van der Waals surface area contributed by atoms with Crippen LogP contribution in [0.5, 0.6) is 0 Å². The van der Waals surface area contributed by atoms with Crippen LogP contribution in [-0.2, 0) is 4.74 Å². The van der Waals surface area contributed by atoms with E-state index in [1.807, 2.05) is 12.3 Å². The first kappa shape index (κ1) is 7.09. The maximum Gasteiger partial charge on any atom is 0.132 e. The summed E-state index contributed by atoms with van der Waals surface area (Å²) >= 11 is 0. The third-order valence-electron chi connectivity index (χ3n) is 2.37. The predicted molar refractivity (Wildman–Crippen MR) is 46.9 cm³/mol. The van der Waals surface area contributed by atoms with E-state index in [1.165, 1.54) is 6.07 Å². The van der Waals surface area contributed by atoms with E-state index in [9.17, 15) is 4.39 Å². The van der Waals surface area contributed by atoms with Crippen molar-refractivity contribution in [3.63, 3.8) is 0 Å². The molecule has 1 atom stereocenters. The lowest BCUT2D eigenvalue weighted by atomic mass is 10.1. The molecule has 0 unspecified atom stereocenters. The Morgan fingerprint density at radius 1 is 1.46 bits per heavy atom. The fraction of sp³-hybridized carbons (Fsp3) is 0.200. The molecule has 0 saturated carbocycles. The van der Waals surface area contributed by atoms with Crippen molar-refractivity contribution in [2.45, 2.75) is 6.10 Å². The van der Waals surface area contributed by atoms with Gasteiger partial charge in [0.1, 0.15) is 11.9 Å². The van der Waals surface area contributed by atoms with Crippen molar-refractivity contribution in [2.75, 3.05) is 6.61 Å². The second-order valence-corrected chi connectivity index (χ2v) is 3.23. The van der Waals surface area contributed by atoms with Gasteiger partial charge in [-0.1, -0.05) is 6.07 Å². The number of epoxide rings is 1. The molecule has 0 bridgehead atoms. The first-order valence-corrected chi connectivity index (χ1v) is 4.23. The molecule has 0 aliphatic carbocycles. The molecular weight excluding hydrogens is 169 g/mol. The number of aromatic nitrogens is 1. The van der Waals surface area contributed by atoms with Crippen LogP contribution < -0.4 is 0 Å². The summed E-state index contributed by atoms with van der Waals surface area (Å²) in [6, 6.07) is 5.04. The molecule has 1 aromatic carbocycles. The number of rotatable bonds is 1. The van der Waals surface area contributed by atoms with E-state index in [0.29, 0.717) is 12.0 Å². The number of halogens is 1. The van der Waals surface area contributed by atoms with E-state index >= 15 is 0 Å². The fourth-order valence-corrected chi connectivity index (χ4v) is 1.65. The number of aromatic amines is 1. The van der Waals surface area contributed by atoms with Gasteiger partial charge < -0.3 is 9.72 Å². The van der Waals surface area contributed by atoms with Crippen LogP contribution in [0.4, 0.5) is 4.39 Å². The molecule has 66 valence electrons. The van der Waals surface area contributed by atoms with Gasteiger partial charge in [-0.2, -0.15) is 0 Å². The third kappa shape index (κ3) is 0.971. The van der Waals surface area contributed by atoms with E-state index < -0.39 is 0 Å². The standard InChI is InChI=1S/C10H8FNO/c11-7-2-1-3-8-10(7)6(4-12-8)9-5-13-9/h1-4,9,12H,5H2/t9-/m1/s1. The molecule has 0 radical (unpaired) electrons. The van der Waals surface area contributed by atoms with Crippen LogP contribution in [-0.4, -0.2) is 11.6 Å². The van der Waals surface area contributed by atoms with Crippen LogP contribution >= 0.6 is 0 Å². The predicted octanol–water partition coefficient (Wildman–Crippen LogP) is 2.38. The Morgan fingerprint density at radius 3 is 3.08 bits per heavy atom. The third-order valence-corrected chi connectivity index (χ3v) is 2.37. The van der Waals surface area contributed by atoms with Crippen molar-refractivity contribution in [1.82, 2.24) is 4.98 Å². The number of hydrogen-bond acceptors (Lipinski definition) is 1. The second kappa shape index (κ2) is 2.33. The monoisotopic (exact) mass is 177 g/mol. The first-order valence-electron chi connectivity index (χ1n) is 4.23. The molecule has 2 heterocycles. The summed E-state index contributed by atoms with van der Waals surface area (Å²) in [7, 11) is 0. The molecule has 0 amide bonds. The lowest BCUT2D eigenvalue weighted by Gasteiger charge is -1.94. The quantitative estimate of drug-likeness (QED) is 0.665. The molecule has 1 aromatic heterocycles. The van der Waals surface area contributed by atoms with Crippen LogP contribution in [0.1, 0.15) is 11.7 Å². The number of benzene rings is 1. The average molecular weight is 177 g/mol. The minimum Gasteiger partial charge on any atom is -0.368 e. The zero-order valence-electron chi connectivity index (χ0n) is 6.88. The van der Waals surface area contributed by atoms with Crippen LogP contribution in [0.3, 0.4) is 0 Å². The maximum absolute atomic E-state index is 13.4. The lowest BCUT2D eigenvalue weighted by Crippen LogP contribution is -1.80. The second-order valence-electron chi connectivity index (χ2n) is 3.23. The molecule has 1 fully saturated rings. The Hall–Kier alpha value is -1.35. The number of nitrogens with one attached hydrogen (secondary N) is 1. The van der Waals surface area contributed by atoms with Crippen LogP contribution in [0.25, 0.3) is 10.9 Å². The van der Waals surface area contributed by atoms with Gasteiger partial charge in [0.2, 0.25) is 0 Å². The summed E-state index contributed by atoms with van der Waals surface area (Å²) in [6.45, 7) is 0.710. The number of H-pyrrole nitrogens is 1. The van der Waals surface area contributed by atoms with Gasteiger partial charge in [0, 0.05) is 22.7 Å². The van der Waals surface area contributed by atoms with Gasteiger partial charge in [-0.3, -0.25) is 0 Å². The highest BCUT2D eigenvalue weighted by atomic mass is 19.1. The number of fused-ring (bicyclic) bond motifs is 1. The van der Waals surface area contributed by atoms with Crippen molar-refractivity contribution in [1.29, 1.82) is 0 Å². The minimum atomic E-state index is -0.177. The molecule has 3 rings (SSSR count). The van der Waals surface area contributed by atoms with Gasteiger partial charge >= 0.3 is 0 Å². The summed E-state index contributed by atoms with van der Waals surface area (Å²) in [5.74, 6) is -0.177. The molecule has 13 heavy (non-hydrogen) atoms. The molecular formula is C10H8FNO. The summed E-state index contributed by atoms with van der Waals surface area (Å²) in [5, 5.41) is 0.671. The SMILES string of the molecule is Fc1cccc2[nH]cc([C@H]3CO3)c12. The average Bonchev–Trinajstić information content (AvgIpc) is 2.87. The molecule has 2 aromatic rings. The van der Waals surface area contributed by atoms with Crippen LogP contribution in [0.2, 0.25) is 0 Å². The zero-order chi connectivity index (χ0) is 8.84. The van der Waals surface area contributed by atoms with Gasteiger partial charge in [-0.05, 0) is 12.1 Å². The molecule has 2 nitrogen and oxygen atoms in total. The fourth-order valence-electron chi connectivity index (χ4n) is 1.65. The van der Waals surface area contributed by atoms with Gasteiger partial charge in [-0.15, -0.1) is 0 Å². The Bertz CT molecular complexity index is 459. The van der Waals surface area contributed by atoms with Gasteiger partial charge in [0.05, 0.1) is 6.61 Å². The van der Waals surface area contributed by atoms with E-state index in [0.717, 1.165) is 11.1 Å². The van der Waals surface area contributed by atoms with Gasteiger partial charge in [0.25, 0.3) is 0 Å². The minimum absolute atomic E-state index is 0.102. The highest BCUT2D eigenvalue weighted by Gasteiger charge is 2.28. The van der Waals surface area contributed by atoms with Crippen molar-refractivity contribution in [2.24, 2.45) is 0 Å². The van der Waals surface area contributed by atoms with Crippen LogP contribution in [0, 0.1) is 5.82 Å². The van der Waals surface area contributed by atoms with Crippen molar-refractivity contribution in [3.05, 3.63) is 35.8 Å². The summed E-state index contributed by atoms with van der Waals surface area (Å²) in [4.78, 5) is 3.03. The van der Waals surface area contributed by atoms with Crippen molar-refractivity contribution < 1.29 is 9.13 Å². The Kier molecular flexibility index (Phi) is 1.27. The molecule has 1 N–H and O–H groups in total. The van der Waals surface area contributed by atoms with Gasteiger partial charge in [-0.25, -0.2) is 4.39 Å². The Balaban J connectivity index is 2.34. The number of hydrogen-bond donors (Lipinski definition) is 1. The van der Waals surface area contributed by atoms with E-state index in [-0.39, 0.29) is 11.9 Å². The largest absolute Gasteiger partial charge is 0.368 e. The molecule has 1 aliphatic rings. The van der Waals surface area contributed by atoms with Crippen molar-refractivity contribution >= 4 is 10.9 Å². The first-order chi connectivity index (χ1) is 6.36. The maximum atomic E-state index is 13.4. The Labute approximate surface area is 74.3 Å². The van der Waals surface area contributed by atoms with E-state index in [1.54, 1.807) is 6.07 Å². The Morgan fingerprint density at radius 2 is 2.31 bits per heavy atom. The molecule has 1 saturated heterocycles. The van der Waals surface area contributed by atoms with Crippen molar-refractivity contribution in [3.8, 4) is 0 Å². The van der Waals surface area contributed by atoms with Gasteiger partial charge in [0.15, 0.2) is 0 Å². The molecule has 0 spiro atoms. The van der Waals surface area contributed by atoms with E-state index in [4.69, 9.17) is 4.74 Å². The molecule has 1 aliphatic heterocycles. The summed E-state index contributed by atoms with van der Waals surface area (Å²) in [6.07, 6.45) is 1.93. The highest BCUT2D eigenvalue weighted by molar-refractivity contribution is 5.84. The summed E-state index contributed by atoms with van der Waals surface area (Å²) < 4.78 is 18.5. The van der Waals surface area contributed by atoms with E-state index in [2.05, 4.69) is 4.98 Å². The van der Waals surface area contributed by atoms with Crippen LogP contribution in [0.15, 0.2) is 24.4 Å².